The summed E-state index contributed by atoms with van der Waals surface area (Å²) in [5.74, 6) is 1.01. The molecule has 0 saturated heterocycles. The Balaban J connectivity index is 1.77. The topological polar surface area (TPSA) is 62.3 Å². The van der Waals surface area contributed by atoms with Gasteiger partial charge in [0, 0.05) is 17.8 Å². The first-order chi connectivity index (χ1) is 11.6. The highest BCUT2D eigenvalue weighted by molar-refractivity contribution is 6.37. The van der Waals surface area contributed by atoms with E-state index in [2.05, 4.69) is 9.55 Å². The minimum Gasteiger partial charge on any atom is -0.468 e. The van der Waals surface area contributed by atoms with Crippen molar-refractivity contribution < 1.29 is 9.47 Å². The summed E-state index contributed by atoms with van der Waals surface area (Å²) in [7, 11) is 1.63. The molecule has 0 aliphatic heterocycles. The van der Waals surface area contributed by atoms with E-state index in [9.17, 15) is 0 Å². The summed E-state index contributed by atoms with van der Waals surface area (Å²) in [6, 6.07) is 9.92. The number of hydrogen-bond donors (Lipinski definition) is 1. The Morgan fingerprint density at radius 2 is 1.88 bits per heavy atom. The zero-order chi connectivity index (χ0) is 16.8. The fraction of sp³-hybridized carbons (Fsp3) is 0.235. The van der Waals surface area contributed by atoms with Crippen molar-refractivity contribution in [1.82, 2.24) is 9.55 Å². The van der Waals surface area contributed by atoms with E-state index in [1.807, 2.05) is 18.2 Å². The number of halogens is 2. The average Bonchev–Trinajstić information content (AvgIpc) is 3.31. The molecule has 0 bridgehead atoms. The van der Waals surface area contributed by atoms with Crippen molar-refractivity contribution in [2.75, 3.05) is 12.8 Å². The van der Waals surface area contributed by atoms with Crippen molar-refractivity contribution >= 4 is 39.9 Å². The van der Waals surface area contributed by atoms with Crippen molar-refractivity contribution in [3.8, 4) is 17.5 Å². The Kier molecular flexibility index (Phi) is 3.70. The molecule has 1 saturated carbocycles. The third-order valence-corrected chi connectivity index (χ3v) is 4.53. The number of anilines is 1. The molecule has 7 heteroatoms. The summed E-state index contributed by atoms with van der Waals surface area (Å²) in [5.41, 5.74) is 8.04. The molecule has 0 atom stereocenters. The number of fused-ring (bicyclic) bond motifs is 1. The number of aromatic nitrogens is 2. The van der Waals surface area contributed by atoms with E-state index < -0.39 is 0 Å². The van der Waals surface area contributed by atoms with Crippen molar-refractivity contribution in [3.05, 3.63) is 40.4 Å². The number of methoxy groups -OCH3 is 1. The Labute approximate surface area is 148 Å². The molecule has 24 heavy (non-hydrogen) atoms. The maximum atomic E-state index is 6.19. The van der Waals surface area contributed by atoms with Gasteiger partial charge < -0.3 is 15.2 Å². The van der Waals surface area contributed by atoms with Gasteiger partial charge in [-0.05, 0) is 37.1 Å². The smallest absolute Gasteiger partial charge is 0.297 e. The van der Waals surface area contributed by atoms with Crippen molar-refractivity contribution in [1.29, 1.82) is 0 Å². The highest BCUT2D eigenvalue weighted by atomic mass is 35.5. The highest BCUT2D eigenvalue weighted by Gasteiger charge is 2.29. The van der Waals surface area contributed by atoms with Gasteiger partial charge in [-0.2, -0.15) is 4.98 Å². The lowest BCUT2D eigenvalue weighted by molar-refractivity contribution is 0.360. The van der Waals surface area contributed by atoms with Crippen LogP contribution in [-0.2, 0) is 0 Å². The van der Waals surface area contributed by atoms with Crippen LogP contribution in [0.25, 0.3) is 11.0 Å². The predicted molar refractivity (Wildman–Crippen MR) is 95.5 cm³/mol. The van der Waals surface area contributed by atoms with Crippen LogP contribution in [0.5, 0.6) is 17.5 Å². The zero-order valence-electron chi connectivity index (χ0n) is 12.9. The fourth-order valence-electron chi connectivity index (χ4n) is 2.74. The Morgan fingerprint density at radius 1 is 1.17 bits per heavy atom. The van der Waals surface area contributed by atoms with Gasteiger partial charge in [-0.3, -0.25) is 4.57 Å². The second-order valence-corrected chi connectivity index (χ2v) is 6.58. The fourth-order valence-corrected chi connectivity index (χ4v) is 3.32. The number of nitrogen functional groups attached to an aromatic ring is 1. The molecule has 1 aliphatic rings. The lowest BCUT2D eigenvalue weighted by atomic mass is 10.2. The van der Waals surface area contributed by atoms with Crippen LogP contribution in [0.3, 0.4) is 0 Å². The maximum absolute atomic E-state index is 6.19. The van der Waals surface area contributed by atoms with Crippen LogP contribution in [0, 0.1) is 0 Å². The first-order valence-electron chi connectivity index (χ1n) is 7.55. The van der Waals surface area contributed by atoms with Crippen LogP contribution in [0.1, 0.15) is 18.9 Å². The second-order valence-electron chi connectivity index (χ2n) is 5.77. The second kappa shape index (κ2) is 5.76. The molecule has 2 aromatic carbocycles. The van der Waals surface area contributed by atoms with E-state index in [4.69, 9.17) is 38.4 Å². The number of ether oxygens (including phenoxy) is 2. The molecule has 5 nitrogen and oxygen atoms in total. The van der Waals surface area contributed by atoms with Gasteiger partial charge in [0.2, 0.25) is 0 Å². The van der Waals surface area contributed by atoms with Crippen LogP contribution in [0.2, 0.25) is 10.0 Å². The van der Waals surface area contributed by atoms with Gasteiger partial charge in [0.25, 0.3) is 6.01 Å². The molecule has 1 fully saturated rings. The van der Waals surface area contributed by atoms with E-state index in [-0.39, 0.29) is 0 Å². The van der Waals surface area contributed by atoms with Crippen molar-refractivity contribution in [3.63, 3.8) is 0 Å². The number of imidazole rings is 1. The molecule has 0 radical (unpaired) electrons. The summed E-state index contributed by atoms with van der Waals surface area (Å²) < 4.78 is 13.4. The molecule has 0 unspecified atom stereocenters. The third-order valence-electron chi connectivity index (χ3n) is 3.96. The molecule has 4 rings (SSSR count). The van der Waals surface area contributed by atoms with Gasteiger partial charge in [0.15, 0.2) is 5.75 Å². The summed E-state index contributed by atoms with van der Waals surface area (Å²) in [6.45, 7) is 0. The van der Waals surface area contributed by atoms with E-state index in [0.717, 1.165) is 23.9 Å². The number of nitrogens with zero attached hydrogens (tertiary/aromatic N) is 2. The lowest BCUT2D eigenvalue weighted by Crippen LogP contribution is -1.98. The quantitative estimate of drug-likeness (QED) is 0.657. The van der Waals surface area contributed by atoms with Crippen molar-refractivity contribution in [2.45, 2.75) is 18.9 Å². The first-order valence-corrected chi connectivity index (χ1v) is 8.31. The molecule has 1 heterocycles. The average molecular weight is 364 g/mol. The van der Waals surface area contributed by atoms with Gasteiger partial charge in [0.1, 0.15) is 5.75 Å². The largest absolute Gasteiger partial charge is 0.468 e. The number of rotatable bonds is 4. The highest BCUT2D eigenvalue weighted by Crippen LogP contribution is 2.43. The zero-order valence-corrected chi connectivity index (χ0v) is 14.4. The van der Waals surface area contributed by atoms with Crippen LogP contribution in [-0.4, -0.2) is 16.7 Å². The van der Waals surface area contributed by atoms with E-state index in [1.54, 1.807) is 19.2 Å². The molecule has 1 aromatic heterocycles. The monoisotopic (exact) mass is 363 g/mol. The first kappa shape index (κ1) is 15.4. The molecular weight excluding hydrogens is 349 g/mol. The Bertz CT molecular complexity index is 912. The van der Waals surface area contributed by atoms with Gasteiger partial charge in [-0.1, -0.05) is 23.2 Å². The standard InChI is InChI=1S/C17H15Cl2N3O2/c1-23-17-21-14-5-4-11(8-15(14)22(17)10-2-3-10)24-16-12(18)6-9(20)7-13(16)19/h4-8,10H,2-3,20H2,1H3. The lowest BCUT2D eigenvalue weighted by Gasteiger charge is -2.11. The minimum absolute atomic E-state index is 0.369. The summed E-state index contributed by atoms with van der Waals surface area (Å²) in [5, 5.41) is 0.738. The molecule has 124 valence electrons. The maximum Gasteiger partial charge on any atom is 0.297 e. The summed E-state index contributed by atoms with van der Waals surface area (Å²) >= 11 is 12.4. The number of hydrogen-bond acceptors (Lipinski definition) is 4. The van der Waals surface area contributed by atoms with E-state index in [1.165, 1.54) is 0 Å². The van der Waals surface area contributed by atoms with Crippen LogP contribution >= 0.6 is 23.2 Å². The van der Waals surface area contributed by atoms with Gasteiger partial charge in [-0.15, -0.1) is 0 Å². The third kappa shape index (κ3) is 2.64. The number of benzene rings is 2. The van der Waals surface area contributed by atoms with Crippen LogP contribution in [0.4, 0.5) is 5.69 Å². The summed E-state index contributed by atoms with van der Waals surface area (Å²) in [6.07, 6.45) is 2.26. The van der Waals surface area contributed by atoms with Crippen LogP contribution in [0.15, 0.2) is 30.3 Å². The number of nitrogens with two attached hydrogens (primary N) is 1. The van der Waals surface area contributed by atoms with E-state index in [0.29, 0.717) is 39.3 Å². The normalized spacial score (nSPS) is 14.1. The molecule has 1 aliphatic carbocycles. The van der Waals surface area contributed by atoms with Crippen LogP contribution < -0.4 is 15.2 Å². The SMILES string of the molecule is COc1nc2ccc(Oc3c(Cl)cc(N)cc3Cl)cc2n1C1CC1. The predicted octanol–water partition coefficient (Wildman–Crippen LogP) is 5.06. The minimum atomic E-state index is 0.369. The Morgan fingerprint density at radius 3 is 2.50 bits per heavy atom. The molecule has 3 aromatic rings. The van der Waals surface area contributed by atoms with Gasteiger partial charge in [-0.25, -0.2) is 0 Å². The molecule has 0 amide bonds. The van der Waals surface area contributed by atoms with Crippen molar-refractivity contribution in [2.24, 2.45) is 0 Å². The van der Waals surface area contributed by atoms with Gasteiger partial charge >= 0.3 is 0 Å². The molecular formula is C17H15Cl2N3O2. The summed E-state index contributed by atoms with van der Waals surface area (Å²) in [4.78, 5) is 4.50. The van der Waals surface area contributed by atoms with Gasteiger partial charge in [0.05, 0.1) is 28.2 Å². The Hall–Kier alpha value is -2.11. The molecule has 2 N–H and O–H groups in total. The van der Waals surface area contributed by atoms with E-state index >= 15 is 0 Å². The molecule has 0 spiro atoms.